The number of hydrogen-bond donors (Lipinski definition) is 1. The lowest BCUT2D eigenvalue weighted by Crippen LogP contribution is -2.33. The third-order valence-corrected chi connectivity index (χ3v) is 5.56. The van der Waals surface area contributed by atoms with Gasteiger partial charge in [-0.05, 0) is 68.2 Å². The molecule has 0 spiro atoms. The second kappa shape index (κ2) is 4.65. The Hall–Kier alpha value is -0.480. The van der Waals surface area contributed by atoms with Crippen molar-refractivity contribution in [2.24, 2.45) is 29.6 Å². The lowest BCUT2D eigenvalue weighted by Gasteiger charge is -2.21. The molecule has 5 unspecified atom stereocenters. The molecule has 1 N–H and O–H groups in total. The van der Waals surface area contributed by atoms with Crippen LogP contribution in [0.3, 0.4) is 0 Å². The highest BCUT2D eigenvalue weighted by Gasteiger charge is 2.66. The largest absolute Gasteiger partial charge is 0.314 e. The van der Waals surface area contributed by atoms with E-state index in [2.05, 4.69) is 18.2 Å². The molecule has 5 atom stereocenters. The standard InChI is InChI=1S/C16H25N/c1-3-5-6-7-13(17-4-2)16-14-11-8-9-12(10-11)15(14)16/h1,11-17H,4-10H2,2H3. The molecule has 3 rings (SSSR count). The van der Waals surface area contributed by atoms with Gasteiger partial charge >= 0.3 is 0 Å². The van der Waals surface area contributed by atoms with Crippen molar-refractivity contribution in [1.82, 2.24) is 5.32 Å². The van der Waals surface area contributed by atoms with E-state index in [1.165, 1.54) is 25.7 Å². The van der Waals surface area contributed by atoms with Crippen LogP contribution in [0.15, 0.2) is 0 Å². The minimum atomic E-state index is 0.770. The molecule has 1 nitrogen and oxygen atoms in total. The van der Waals surface area contributed by atoms with Crippen LogP contribution in [0.5, 0.6) is 0 Å². The first-order valence-electron chi connectivity index (χ1n) is 7.53. The Bertz CT molecular complexity index is 300. The predicted molar refractivity (Wildman–Crippen MR) is 71.4 cm³/mol. The van der Waals surface area contributed by atoms with Gasteiger partial charge in [0.25, 0.3) is 0 Å². The fourth-order valence-corrected chi connectivity index (χ4v) is 5.05. The Morgan fingerprint density at radius 2 is 2.00 bits per heavy atom. The van der Waals surface area contributed by atoms with Crippen molar-refractivity contribution >= 4 is 0 Å². The maximum Gasteiger partial charge on any atom is 0.0101 e. The zero-order valence-corrected chi connectivity index (χ0v) is 11.0. The molecule has 0 aromatic carbocycles. The predicted octanol–water partition coefficient (Wildman–Crippen LogP) is 3.06. The van der Waals surface area contributed by atoms with E-state index in [1.807, 2.05) is 0 Å². The van der Waals surface area contributed by atoms with E-state index in [0.29, 0.717) is 0 Å². The van der Waals surface area contributed by atoms with Gasteiger partial charge in [-0.1, -0.05) is 6.92 Å². The van der Waals surface area contributed by atoms with E-state index in [9.17, 15) is 0 Å². The van der Waals surface area contributed by atoms with Crippen LogP contribution in [0.25, 0.3) is 0 Å². The number of fused-ring (bicyclic) bond motifs is 5. The molecule has 3 saturated carbocycles. The Morgan fingerprint density at radius 3 is 2.59 bits per heavy atom. The third kappa shape index (κ3) is 1.91. The molecule has 0 heterocycles. The minimum Gasteiger partial charge on any atom is -0.314 e. The van der Waals surface area contributed by atoms with Crippen molar-refractivity contribution in [3.05, 3.63) is 0 Å². The van der Waals surface area contributed by atoms with Crippen LogP contribution in [0, 0.1) is 41.9 Å². The van der Waals surface area contributed by atoms with Crippen molar-refractivity contribution in [2.45, 2.75) is 51.5 Å². The van der Waals surface area contributed by atoms with Crippen LogP contribution < -0.4 is 5.32 Å². The topological polar surface area (TPSA) is 12.0 Å². The highest BCUT2D eigenvalue weighted by molar-refractivity contribution is 5.15. The van der Waals surface area contributed by atoms with E-state index in [1.54, 1.807) is 6.42 Å². The average molecular weight is 231 g/mol. The van der Waals surface area contributed by atoms with Gasteiger partial charge in [0.2, 0.25) is 0 Å². The summed E-state index contributed by atoms with van der Waals surface area (Å²) in [7, 11) is 0. The van der Waals surface area contributed by atoms with E-state index >= 15 is 0 Å². The van der Waals surface area contributed by atoms with Gasteiger partial charge in [0.15, 0.2) is 0 Å². The number of rotatable bonds is 6. The molecule has 0 aliphatic heterocycles. The molecule has 1 heteroatoms. The van der Waals surface area contributed by atoms with Crippen LogP contribution in [-0.4, -0.2) is 12.6 Å². The summed E-state index contributed by atoms with van der Waals surface area (Å²) < 4.78 is 0. The Balaban J connectivity index is 1.56. The van der Waals surface area contributed by atoms with Gasteiger partial charge in [-0.2, -0.15) is 0 Å². The van der Waals surface area contributed by atoms with Gasteiger partial charge in [-0.3, -0.25) is 0 Å². The van der Waals surface area contributed by atoms with Gasteiger partial charge in [-0.25, -0.2) is 0 Å². The highest BCUT2D eigenvalue weighted by Crippen LogP contribution is 2.70. The maximum atomic E-state index is 5.36. The lowest BCUT2D eigenvalue weighted by molar-refractivity contribution is 0.349. The minimum absolute atomic E-state index is 0.770. The van der Waals surface area contributed by atoms with Crippen LogP contribution in [-0.2, 0) is 0 Å². The van der Waals surface area contributed by atoms with E-state index in [0.717, 1.165) is 48.6 Å². The van der Waals surface area contributed by atoms with E-state index in [-0.39, 0.29) is 0 Å². The number of unbranched alkanes of at least 4 members (excludes halogenated alkanes) is 1. The van der Waals surface area contributed by atoms with Crippen molar-refractivity contribution in [1.29, 1.82) is 0 Å². The third-order valence-electron chi connectivity index (χ3n) is 5.56. The summed E-state index contributed by atoms with van der Waals surface area (Å²) in [5, 5.41) is 3.73. The second-order valence-corrected chi connectivity index (χ2v) is 6.33. The zero-order valence-electron chi connectivity index (χ0n) is 11.0. The average Bonchev–Trinajstić information content (AvgIpc) is 2.76. The highest BCUT2D eigenvalue weighted by atomic mass is 14.9. The summed E-state index contributed by atoms with van der Waals surface area (Å²) in [6, 6.07) is 0.770. The first-order valence-corrected chi connectivity index (χ1v) is 7.53. The quantitative estimate of drug-likeness (QED) is 0.547. The van der Waals surface area contributed by atoms with Gasteiger partial charge in [0.05, 0.1) is 0 Å². The monoisotopic (exact) mass is 231 g/mol. The van der Waals surface area contributed by atoms with Crippen molar-refractivity contribution < 1.29 is 0 Å². The zero-order chi connectivity index (χ0) is 11.8. The fraction of sp³-hybridized carbons (Fsp3) is 0.875. The molecular weight excluding hydrogens is 206 g/mol. The SMILES string of the molecule is C#CCCCC(NCC)C1C2C3CCC(C3)C21. The molecule has 0 radical (unpaired) electrons. The van der Waals surface area contributed by atoms with E-state index < -0.39 is 0 Å². The molecule has 17 heavy (non-hydrogen) atoms. The molecule has 0 saturated heterocycles. The molecule has 94 valence electrons. The van der Waals surface area contributed by atoms with Gasteiger partial charge in [-0.15, -0.1) is 12.3 Å². The Kier molecular flexibility index (Phi) is 3.17. The van der Waals surface area contributed by atoms with Gasteiger partial charge in [0, 0.05) is 12.5 Å². The van der Waals surface area contributed by atoms with Crippen molar-refractivity contribution in [3.8, 4) is 12.3 Å². The van der Waals surface area contributed by atoms with E-state index in [4.69, 9.17) is 6.42 Å². The van der Waals surface area contributed by atoms with Gasteiger partial charge < -0.3 is 5.32 Å². The normalized spacial score (nSPS) is 43.2. The number of nitrogens with one attached hydrogen (secondary N) is 1. The van der Waals surface area contributed by atoms with Gasteiger partial charge in [0.1, 0.15) is 0 Å². The smallest absolute Gasteiger partial charge is 0.0101 e. The summed E-state index contributed by atoms with van der Waals surface area (Å²) in [6.07, 6.45) is 13.5. The summed E-state index contributed by atoms with van der Waals surface area (Å²) in [5.41, 5.74) is 0. The molecule has 2 bridgehead atoms. The maximum absolute atomic E-state index is 5.36. The lowest BCUT2D eigenvalue weighted by atomic mass is 9.94. The molecule has 3 fully saturated rings. The summed E-state index contributed by atoms with van der Waals surface area (Å²) in [5.74, 6) is 8.19. The van der Waals surface area contributed by atoms with Crippen LogP contribution >= 0.6 is 0 Å². The molecule has 0 amide bonds. The summed E-state index contributed by atoms with van der Waals surface area (Å²) in [6.45, 7) is 3.35. The first-order chi connectivity index (χ1) is 8.36. The molecule has 3 aliphatic rings. The Morgan fingerprint density at radius 1 is 1.29 bits per heavy atom. The second-order valence-electron chi connectivity index (χ2n) is 6.33. The first kappa shape index (κ1) is 11.6. The number of terminal acetylenes is 1. The fourth-order valence-electron chi connectivity index (χ4n) is 5.05. The Labute approximate surface area is 106 Å². The molecule has 3 aliphatic carbocycles. The van der Waals surface area contributed by atoms with Crippen LogP contribution in [0.1, 0.15) is 45.4 Å². The number of hydrogen-bond acceptors (Lipinski definition) is 1. The van der Waals surface area contributed by atoms with Crippen molar-refractivity contribution in [2.75, 3.05) is 6.54 Å². The molecule has 0 aromatic rings. The summed E-state index contributed by atoms with van der Waals surface area (Å²) in [4.78, 5) is 0. The van der Waals surface area contributed by atoms with Crippen LogP contribution in [0.4, 0.5) is 0 Å². The molecule has 0 aromatic heterocycles. The molecular formula is C16H25N. The van der Waals surface area contributed by atoms with Crippen molar-refractivity contribution in [3.63, 3.8) is 0 Å². The van der Waals surface area contributed by atoms with Crippen LogP contribution in [0.2, 0.25) is 0 Å². The summed E-state index contributed by atoms with van der Waals surface area (Å²) >= 11 is 0.